The highest BCUT2D eigenvalue weighted by atomic mass is 16.5. The van der Waals surface area contributed by atoms with Crippen molar-refractivity contribution in [2.75, 3.05) is 20.3 Å². The van der Waals surface area contributed by atoms with Crippen molar-refractivity contribution in [3.8, 4) is 0 Å². The quantitative estimate of drug-likeness (QED) is 0.870. The van der Waals surface area contributed by atoms with Crippen molar-refractivity contribution in [3.05, 3.63) is 35.4 Å². The Hall–Kier alpha value is -0.900. The second-order valence-electron chi connectivity index (χ2n) is 4.94. The lowest BCUT2D eigenvalue weighted by Gasteiger charge is -2.32. The molecule has 1 aromatic rings. The van der Waals surface area contributed by atoms with E-state index in [0.717, 1.165) is 13.0 Å². The summed E-state index contributed by atoms with van der Waals surface area (Å²) in [5.41, 5.74) is 1.69. The van der Waals surface area contributed by atoms with Crippen LogP contribution in [0.3, 0.4) is 0 Å². The molecule has 0 spiro atoms. The third-order valence-corrected chi connectivity index (χ3v) is 3.17. The predicted molar refractivity (Wildman–Crippen MR) is 66.0 cm³/mol. The van der Waals surface area contributed by atoms with Gasteiger partial charge in [0.05, 0.1) is 24.9 Å². The molecule has 0 aliphatic carbocycles. The maximum Gasteiger partial charge on any atom is 0.0880 e. The molecule has 3 nitrogen and oxygen atoms in total. The fourth-order valence-corrected chi connectivity index (χ4v) is 2.42. The molecular weight excluding hydrogens is 216 g/mol. The molecule has 0 amide bonds. The smallest absolute Gasteiger partial charge is 0.0880 e. The third-order valence-electron chi connectivity index (χ3n) is 3.17. The summed E-state index contributed by atoms with van der Waals surface area (Å²) in [4.78, 5) is 0. The Morgan fingerprint density at radius 2 is 2.24 bits per heavy atom. The first-order chi connectivity index (χ1) is 8.12. The van der Waals surface area contributed by atoms with E-state index >= 15 is 0 Å². The van der Waals surface area contributed by atoms with Crippen molar-refractivity contribution >= 4 is 0 Å². The van der Waals surface area contributed by atoms with Crippen molar-refractivity contribution in [2.24, 2.45) is 0 Å². The molecule has 1 aliphatic rings. The number of hydrogen-bond donors (Lipinski definition) is 1. The monoisotopic (exact) mass is 236 g/mol. The van der Waals surface area contributed by atoms with Gasteiger partial charge < -0.3 is 14.6 Å². The van der Waals surface area contributed by atoms with Gasteiger partial charge in [-0.05, 0) is 24.5 Å². The van der Waals surface area contributed by atoms with Crippen LogP contribution in [0.25, 0.3) is 0 Å². The summed E-state index contributed by atoms with van der Waals surface area (Å²) >= 11 is 0. The first-order valence-electron chi connectivity index (χ1n) is 6.03. The Bertz CT molecular complexity index is 373. The summed E-state index contributed by atoms with van der Waals surface area (Å²) in [5.74, 6) is 0. The Morgan fingerprint density at radius 1 is 1.47 bits per heavy atom. The lowest BCUT2D eigenvalue weighted by molar-refractivity contribution is -0.0702. The van der Waals surface area contributed by atoms with Crippen LogP contribution >= 0.6 is 0 Å². The van der Waals surface area contributed by atoms with Crippen LogP contribution in [0.15, 0.2) is 24.3 Å². The molecule has 3 heteroatoms. The number of rotatable bonds is 4. The van der Waals surface area contributed by atoms with Crippen molar-refractivity contribution in [3.63, 3.8) is 0 Å². The molecule has 1 heterocycles. The van der Waals surface area contributed by atoms with E-state index in [4.69, 9.17) is 9.47 Å². The molecule has 2 atom stereocenters. The normalized spacial score (nSPS) is 22.9. The standard InChI is InChI=1S/C14H20O3/c1-14(15,10-16-2)9-13-12-6-4-3-5-11(12)7-8-17-13/h3-6,13,15H,7-10H2,1-2H3. The van der Waals surface area contributed by atoms with Gasteiger partial charge in [0.15, 0.2) is 0 Å². The van der Waals surface area contributed by atoms with Gasteiger partial charge in [-0.25, -0.2) is 0 Å². The fraction of sp³-hybridized carbons (Fsp3) is 0.571. The van der Waals surface area contributed by atoms with Gasteiger partial charge in [0.1, 0.15) is 0 Å². The second kappa shape index (κ2) is 5.17. The maximum atomic E-state index is 10.2. The third kappa shape index (κ3) is 3.06. The maximum absolute atomic E-state index is 10.2. The van der Waals surface area contributed by atoms with E-state index in [9.17, 15) is 5.11 Å². The van der Waals surface area contributed by atoms with Crippen molar-refractivity contribution in [1.29, 1.82) is 0 Å². The van der Waals surface area contributed by atoms with Gasteiger partial charge in [0, 0.05) is 13.5 Å². The Morgan fingerprint density at radius 3 is 3.00 bits per heavy atom. The minimum Gasteiger partial charge on any atom is -0.388 e. The Kier molecular flexibility index (Phi) is 3.82. The molecule has 2 unspecified atom stereocenters. The summed E-state index contributed by atoms with van der Waals surface area (Å²) in [6.07, 6.45) is 1.50. The molecule has 2 rings (SSSR count). The van der Waals surface area contributed by atoms with Crippen LogP contribution < -0.4 is 0 Å². The minimum atomic E-state index is -0.843. The number of aliphatic hydroxyl groups is 1. The highest BCUT2D eigenvalue weighted by Crippen LogP contribution is 2.33. The van der Waals surface area contributed by atoms with Gasteiger partial charge >= 0.3 is 0 Å². The van der Waals surface area contributed by atoms with Gasteiger partial charge in [-0.2, -0.15) is 0 Å². The lowest BCUT2D eigenvalue weighted by atomic mass is 9.90. The number of fused-ring (bicyclic) bond motifs is 1. The topological polar surface area (TPSA) is 38.7 Å². The zero-order chi connectivity index (χ0) is 12.3. The van der Waals surface area contributed by atoms with Crippen molar-refractivity contribution < 1.29 is 14.6 Å². The van der Waals surface area contributed by atoms with Gasteiger partial charge in [0.2, 0.25) is 0 Å². The fourth-order valence-electron chi connectivity index (χ4n) is 2.42. The number of ether oxygens (including phenoxy) is 2. The van der Waals surface area contributed by atoms with E-state index in [0.29, 0.717) is 13.0 Å². The van der Waals surface area contributed by atoms with Crippen LogP contribution in [0, 0.1) is 0 Å². The van der Waals surface area contributed by atoms with Crippen LogP contribution in [0.4, 0.5) is 0 Å². The zero-order valence-electron chi connectivity index (χ0n) is 10.5. The Labute approximate surface area is 102 Å². The van der Waals surface area contributed by atoms with Crippen LogP contribution in [0.2, 0.25) is 0 Å². The molecule has 0 bridgehead atoms. The van der Waals surface area contributed by atoms with Crippen molar-refractivity contribution in [1.82, 2.24) is 0 Å². The van der Waals surface area contributed by atoms with Gasteiger partial charge in [-0.1, -0.05) is 24.3 Å². The van der Waals surface area contributed by atoms with Crippen LogP contribution in [0.1, 0.15) is 30.6 Å². The average molecular weight is 236 g/mol. The SMILES string of the molecule is COCC(C)(O)CC1OCCc2ccccc21. The largest absolute Gasteiger partial charge is 0.388 e. The second-order valence-corrected chi connectivity index (χ2v) is 4.94. The van der Waals surface area contributed by atoms with E-state index in [1.54, 1.807) is 14.0 Å². The van der Waals surface area contributed by atoms with Gasteiger partial charge in [0.25, 0.3) is 0 Å². The number of benzene rings is 1. The Balaban J connectivity index is 2.13. The molecule has 0 saturated carbocycles. The average Bonchev–Trinajstić information content (AvgIpc) is 2.29. The number of hydrogen-bond acceptors (Lipinski definition) is 3. The predicted octanol–water partition coefficient (Wildman–Crippen LogP) is 2.09. The molecule has 1 aromatic carbocycles. The van der Waals surface area contributed by atoms with Crippen LogP contribution in [-0.4, -0.2) is 31.0 Å². The summed E-state index contributed by atoms with van der Waals surface area (Å²) in [5, 5.41) is 10.2. The first-order valence-corrected chi connectivity index (χ1v) is 6.03. The molecule has 0 aromatic heterocycles. The van der Waals surface area contributed by atoms with E-state index in [1.807, 2.05) is 6.07 Å². The minimum absolute atomic E-state index is 0.0231. The molecular formula is C14H20O3. The molecule has 0 fully saturated rings. The van der Waals surface area contributed by atoms with E-state index < -0.39 is 5.60 Å². The van der Waals surface area contributed by atoms with Gasteiger partial charge in [-0.15, -0.1) is 0 Å². The summed E-state index contributed by atoms with van der Waals surface area (Å²) in [7, 11) is 1.60. The van der Waals surface area contributed by atoms with Crippen LogP contribution in [0.5, 0.6) is 0 Å². The zero-order valence-corrected chi connectivity index (χ0v) is 10.5. The summed E-state index contributed by atoms with van der Waals surface area (Å²) in [6, 6.07) is 8.29. The van der Waals surface area contributed by atoms with E-state index in [-0.39, 0.29) is 6.10 Å². The highest BCUT2D eigenvalue weighted by Gasteiger charge is 2.29. The molecule has 1 aliphatic heterocycles. The van der Waals surface area contributed by atoms with E-state index in [2.05, 4.69) is 18.2 Å². The molecule has 17 heavy (non-hydrogen) atoms. The molecule has 0 radical (unpaired) electrons. The first kappa shape index (κ1) is 12.6. The molecule has 1 N–H and O–H groups in total. The molecule has 0 saturated heterocycles. The lowest BCUT2D eigenvalue weighted by Crippen LogP contribution is -2.34. The van der Waals surface area contributed by atoms with E-state index in [1.165, 1.54) is 11.1 Å². The highest BCUT2D eigenvalue weighted by molar-refractivity contribution is 5.31. The summed E-state index contributed by atoms with van der Waals surface area (Å²) in [6.45, 7) is 2.84. The van der Waals surface area contributed by atoms with Gasteiger partial charge in [-0.3, -0.25) is 0 Å². The number of methoxy groups -OCH3 is 1. The van der Waals surface area contributed by atoms with Crippen LogP contribution in [-0.2, 0) is 15.9 Å². The van der Waals surface area contributed by atoms with Crippen molar-refractivity contribution in [2.45, 2.75) is 31.5 Å². The molecule has 94 valence electrons. The summed E-state index contributed by atoms with van der Waals surface area (Å²) < 4.78 is 10.8.